The molecule has 1 aromatic carbocycles. The summed E-state index contributed by atoms with van der Waals surface area (Å²) in [5, 5.41) is 3.35. The minimum atomic E-state index is 0. The Morgan fingerprint density at radius 2 is 2.00 bits per heavy atom. The van der Waals surface area contributed by atoms with E-state index in [9.17, 15) is 0 Å². The Morgan fingerprint density at radius 3 is 2.81 bits per heavy atom. The largest absolute Gasteiger partial charge is 0.367 e. The van der Waals surface area contributed by atoms with E-state index in [2.05, 4.69) is 31.1 Å². The van der Waals surface area contributed by atoms with Crippen molar-refractivity contribution < 1.29 is 0 Å². The van der Waals surface area contributed by atoms with Crippen molar-refractivity contribution in [2.24, 2.45) is 0 Å². The second kappa shape index (κ2) is 4.95. The van der Waals surface area contributed by atoms with Crippen molar-refractivity contribution in [1.82, 2.24) is 14.1 Å². The third-order valence-corrected chi connectivity index (χ3v) is 3.26. The number of benzene rings is 1. The first-order valence-corrected chi connectivity index (χ1v) is 5.85. The summed E-state index contributed by atoms with van der Waals surface area (Å²) < 4.78 is 8.62. The van der Waals surface area contributed by atoms with Gasteiger partial charge in [0.25, 0.3) is 0 Å². The van der Waals surface area contributed by atoms with E-state index in [0.717, 1.165) is 37.2 Å². The zero-order chi connectivity index (χ0) is 10.1. The molecule has 16 heavy (non-hydrogen) atoms. The van der Waals surface area contributed by atoms with Gasteiger partial charge in [0.05, 0.1) is 17.4 Å². The monoisotopic (exact) mass is 256 g/mol. The molecule has 0 atom stereocenters. The number of aromatic nitrogens is 2. The lowest BCUT2D eigenvalue weighted by atomic mass is 10.2. The molecule has 2 aromatic rings. The minimum absolute atomic E-state index is 0. The fourth-order valence-electron chi connectivity index (χ4n) is 1.95. The van der Waals surface area contributed by atoms with Gasteiger partial charge in [0.1, 0.15) is 11.0 Å². The zero-order valence-electron chi connectivity index (χ0n) is 8.72. The van der Waals surface area contributed by atoms with Gasteiger partial charge >= 0.3 is 0 Å². The Kier molecular flexibility index (Phi) is 3.58. The lowest BCUT2D eigenvalue weighted by Gasteiger charge is -2.29. The Morgan fingerprint density at radius 1 is 1.19 bits per heavy atom. The fourth-order valence-corrected chi connectivity index (χ4v) is 2.50. The zero-order valence-corrected chi connectivity index (χ0v) is 10.4. The van der Waals surface area contributed by atoms with Crippen molar-refractivity contribution in [2.75, 3.05) is 31.1 Å². The number of hydrogen-bond donors (Lipinski definition) is 1. The van der Waals surface area contributed by atoms with E-state index in [1.165, 1.54) is 17.4 Å². The van der Waals surface area contributed by atoms with E-state index in [-0.39, 0.29) is 12.4 Å². The van der Waals surface area contributed by atoms with Crippen LogP contribution in [-0.2, 0) is 0 Å². The molecule has 1 fully saturated rings. The number of anilines is 1. The van der Waals surface area contributed by atoms with Crippen LogP contribution in [0.15, 0.2) is 18.2 Å². The standard InChI is InChI=1S/C10H12N4S.ClH/c1-2-8-10(13-15-12-8)9(3-1)14-6-4-11-5-7-14;/h1-3,11H,4-7H2;1H. The highest BCUT2D eigenvalue weighted by atomic mass is 35.5. The highest BCUT2D eigenvalue weighted by Gasteiger charge is 2.14. The van der Waals surface area contributed by atoms with Crippen LogP contribution in [0.1, 0.15) is 0 Å². The molecule has 1 aliphatic rings. The van der Waals surface area contributed by atoms with Gasteiger partial charge in [0.15, 0.2) is 0 Å². The topological polar surface area (TPSA) is 41.0 Å². The number of fused-ring (bicyclic) bond motifs is 1. The summed E-state index contributed by atoms with van der Waals surface area (Å²) in [7, 11) is 0. The number of rotatable bonds is 1. The molecule has 0 bridgehead atoms. The molecule has 1 saturated heterocycles. The van der Waals surface area contributed by atoms with Crippen LogP contribution in [0.25, 0.3) is 11.0 Å². The van der Waals surface area contributed by atoms with Gasteiger partial charge < -0.3 is 10.2 Å². The summed E-state index contributed by atoms with van der Waals surface area (Å²) in [6, 6.07) is 6.21. The lowest BCUT2D eigenvalue weighted by Crippen LogP contribution is -2.43. The van der Waals surface area contributed by atoms with Crippen LogP contribution in [0.3, 0.4) is 0 Å². The van der Waals surface area contributed by atoms with Crippen molar-refractivity contribution in [2.45, 2.75) is 0 Å². The lowest BCUT2D eigenvalue weighted by molar-refractivity contribution is 0.590. The van der Waals surface area contributed by atoms with Gasteiger partial charge in [0, 0.05) is 26.2 Å². The average molecular weight is 257 g/mol. The van der Waals surface area contributed by atoms with E-state index in [1.54, 1.807) is 0 Å². The number of piperazine rings is 1. The number of halogens is 1. The van der Waals surface area contributed by atoms with E-state index in [1.807, 2.05) is 6.07 Å². The maximum Gasteiger partial charge on any atom is 0.128 e. The molecule has 2 heterocycles. The molecule has 0 spiro atoms. The number of nitrogens with one attached hydrogen (secondary N) is 1. The predicted molar refractivity (Wildman–Crippen MR) is 69.7 cm³/mol. The van der Waals surface area contributed by atoms with Gasteiger partial charge in [-0.15, -0.1) is 12.4 Å². The van der Waals surface area contributed by atoms with Gasteiger partial charge in [-0.25, -0.2) is 0 Å². The quantitative estimate of drug-likeness (QED) is 0.840. The maximum absolute atomic E-state index is 4.36. The second-order valence-electron chi connectivity index (χ2n) is 3.65. The van der Waals surface area contributed by atoms with Crippen LogP contribution in [0, 0.1) is 0 Å². The Labute approximate surface area is 104 Å². The summed E-state index contributed by atoms with van der Waals surface area (Å²) in [5.41, 5.74) is 3.28. The van der Waals surface area contributed by atoms with Crippen LogP contribution in [0.2, 0.25) is 0 Å². The highest BCUT2D eigenvalue weighted by molar-refractivity contribution is 7.00. The van der Waals surface area contributed by atoms with Crippen LogP contribution in [0.5, 0.6) is 0 Å². The molecular formula is C10H13ClN4S. The van der Waals surface area contributed by atoms with E-state index in [0.29, 0.717) is 0 Å². The normalized spacial score (nSPS) is 16.1. The minimum Gasteiger partial charge on any atom is -0.367 e. The number of nitrogens with zero attached hydrogens (tertiary/aromatic N) is 3. The van der Waals surface area contributed by atoms with E-state index >= 15 is 0 Å². The van der Waals surface area contributed by atoms with Crippen molar-refractivity contribution in [1.29, 1.82) is 0 Å². The van der Waals surface area contributed by atoms with Crippen molar-refractivity contribution in [3.05, 3.63) is 18.2 Å². The SMILES string of the molecule is Cl.c1cc(N2CCNCC2)c2nsnc2c1. The fraction of sp³-hybridized carbons (Fsp3) is 0.400. The summed E-state index contributed by atoms with van der Waals surface area (Å²) in [5.74, 6) is 0. The third-order valence-electron chi connectivity index (χ3n) is 2.72. The van der Waals surface area contributed by atoms with E-state index < -0.39 is 0 Å². The van der Waals surface area contributed by atoms with Gasteiger partial charge in [-0.3, -0.25) is 0 Å². The summed E-state index contributed by atoms with van der Waals surface area (Å²) in [6.07, 6.45) is 0. The molecule has 1 aliphatic heterocycles. The third kappa shape index (κ3) is 1.98. The second-order valence-corrected chi connectivity index (χ2v) is 4.17. The number of hydrogen-bond acceptors (Lipinski definition) is 5. The Hall–Kier alpha value is -0.910. The molecule has 4 nitrogen and oxygen atoms in total. The first-order chi connectivity index (χ1) is 7.45. The van der Waals surface area contributed by atoms with Gasteiger partial charge in [-0.1, -0.05) is 6.07 Å². The maximum atomic E-state index is 4.36. The molecule has 0 saturated carbocycles. The van der Waals surface area contributed by atoms with Gasteiger partial charge in [0.2, 0.25) is 0 Å². The molecule has 3 rings (SSSR count). The Balaban J connectivity index is 0.000000963. The van der Waals surface area contributed by atoms with Crippen LogP contribution in [0.4, 0.5) is 5.69 Å². The molecule has 6 heteroatoms. The van der Waals surface area contributed by atoms with Gasteiger partial charge in [-0.2, -0.15) is 8.75 Å². The first kappa shape index (κ1) is 11.6. The molecule has 0 unspecified atom stereocenters. The predicted octanol–water partition coefficient (Wildman–Crippen LogP) is 1.52. The molecule has 1 aromatic heterocycles. The average Bonchev–Trinajstić information content (AvgIpc) is 2.78. The molecule has 0 aliphatic carbocycles. The summed E-state index contributed by atoms with van der Waals surface area (Å²) in [4.78, 5) is 2.38. The summed E-state index contributed by atoms with van der Waals surface area (Å²) >= 11 is 1.29. The van der Waals surface area contributed by atoms with Crippen molar-refractivity contribution >= 4 is 40.9 Å². The molecule has 86 valence electrons. The smallest absolute Gasteiger partial charge is 0.128 e. The first-order valence-electron chi connectivity index (χ1n) is 5.12. The van der Waals surface area contributed by atoms with Crippen LogP contribution >= 0.6 is 24.1 Å². The highest BCUT2D eigenvalue weighted by Crippen LogP contribution is 2.25. The molecular weight excluding hydrogens is 244 g/mol. The van der Waals surface area contributed by atoms with Crippen molar-refractivity contribution in [3.8, 4) is 0 Å². The Bertz CT molecular complexity index is 467. The molecule has 0 radical (unpaired) electrons. The molecule has 1 N–H and O–H groups in total. The van der Waals surface area contributed by atoms with Crippen LogP contribution < -0.4 is 10.2 Å². The van der Waals surface area contributed by atoms with Gasteiger partial charge in [-0.05, 0) is 12.1 Å². The van der Waals surface area contributed by atoms with Crippen LogP contribution in [-0.4, -0.2) is 34.9 Å². The van der Waals surface area contributed by atoms with Crippen molar-refractivity contribution in [3.63, 3.8) is 0 Å². The molecule has 0 amide bonds. The van der Waals surface area contributed by atoms with E-state index in [4.69, 9.17) is 0 Å². The summed E-state index contributed by atoms with van der Waals surface area (Å²) in [6.45, 7) is 4.20.